The molecule has 2 aliphatic rings. The lowest BCUT2D eigenvalue weighted by Gasteiger charge is -2.40. The smallest absolute Gasteiger partial charge is 0.410 e. The maximum Gasteiger partial charge on any atom is 0.410 e. The van der Waals surface area contributed by atoms with Crippen molar-refractivity contribution in [2.75, 3.05) is 19.6 Å². The third-order valence-electron chi connectivity index (χ3n) is 4.02. The number of hydrogen-bond donors (Lipinski definition) is 0. The minimum atomic E-state index is -0.381. The molecular formula is C14H28N2O2Si. The summed E-state index contributed by atoms with van der Waals surface area (Å²) in [5.74, 6) is 0. The zero-order valence-electron chi connectivity index (χ0n) is 12.7. The molecule has 0 radical (unpaired) electrons. The molecule has 0 spiro atoms. The van der Waals surface area contributed by atoms with E-state index in [9.17, 15) is 4.79 Å². The van der Waals surface area contributed by atoms with Gasteiger partial charge in [-0.2, -0.15) is 0 Å². The number of hydrogen-bond acceptors (Lipinski definition) is 3. The summed E-state index contributed by atoms with van der Waals surface area (Å²) in [4.78, 5) is 13.9. The number of likely N-dealkylation sites (tertiary alicyclic amines) is 1. The van der Waals surface area contributed by atoms with Crippen molar-refractivity contribution in [3.05, 3.63) is 0 Å². The van der Waals surface area contributed by atoms with Crippen LogP contribution in [0.25, 0.3) is 0 Å². The second-order valence-corrected chi connectivity index (χ2v) is 8.76. The first-order valence-corrected chi connectivity index (χ1v) is 9.31. The molecule has 2 saturated heterocycles. The van der Waals surface area contributed by atoms with E-state index in [4.69, 9.17) is 4.74 Å². The fourth-order valence-electron chi connectivity index (χ4n) is 3.02. The average molecular weight is 284 g/mol. The Morgan fingerprint density at radius 2 is 1.84 bits per heavy atom. The molecule has 0 saturated carbocycles. The van der Waals surface area contributed by atoms with E-state index in [-0.39, 0.29) is 21.4 Å². The van der Waals surface area contributed by atoms with Gasteiger partial charge < -0.3 is 14.2 Å². The van der Waals surface area contributed by atoms with Crippen LogP contribution in [0.2, 0.25) is 6.04 Å². The molecule has 110 valence electrons. The highest BCUT2D eigenvalue weighted by molar-refractivity contribution is 6.32. The molecule has 5 heteroatoms. The standard InChI is InChI=1S/C14H28N2O2Si/c1-14(2,3)18-13(17)15-9-6-12(7-10-15)16-8-4-5-11-19-16/h12H,4-11,19H2,1-3H3. The van der Waals surface area contributed by atoms with Crippen molar-refractivity contribution >= 4 is 15.8 Å². The molecule has 0 N–H and O–H groups in total. The summed E-state index contributed by atoms with van der Waals surface area (Å²) in [7, 11) is 0.0123. The minimum absolute atomic E-state index is 0.0123. The third kappa shape index (κ3) is 4.49. The Labute approximate surface area is 119 Å². The van der Waals surface area contributed by atoms with Crippen LogP contribution >= 0.6 is 0 Å². The van der Waals surface area contributed by atoms with E-state index < -0.39 is 0 Å². The van der Waals surface area contributed by atoms with Gasteiger partial charge in [-0.3, -0.25) is 0 Å². The molecule has 0 aromatic rings. The highest BCUT2D eigenvalue weighted by Gasteiger charge is 2.29. The number of ether oxygens (including phenoxy) is 1. The largest absolute Gasteiger partial charge is 0.444 e. The van der Waals surface area contributed by atoms with Gasteiger partial charge in [-0.05, 0) is 52.6 Å². The van der Waals surface area contributed by atoms with Crippen molar-refractivity contribution in [3.63, 3.8) is 0 Å². The SMILES string of the molecule is CC(C)(C)OC(=O)N1CCC(N2CCCC[SiH2]2)CC1. The Hall–Kier alpha value is -0.553. The van der Waals surface area contributed by atoms with Gasteiger partial charge in [-0.15, -0.1) is 0 Å². The molecule has 19 heavy (non-hydrogen) atoms. The lowest BCUT2D eigenvalue weighted by molar-refractivity contribution is 0.0175. The predicted molar refractivity (Wildman–Crippen MR) is 80.1 cm³/mol. The maximum atomic E-state index is 12.0. The first-order valence-electron chi connectivity index (χ1n) is 7.68. The summed E-state index contributed by atoms with van der Waals surface area (Å²) in [5, 5.41) is 0. The second-order valence-electron chi connectivity index (χ2n) is 6.80. The summed E-state index contributed by atoms with van der Waals surface area (Å²) in [6, 6.07) is 2.22. The highest BCUT2D eigenvalue weighted by Crippen LogP contribution is 2.21. The van der Waals surface area contributed by atoms with Crippen LogP contribution in [0.15, 0.2) is 0 Å². The van der Waals surface area contributed by atoms with Crippen LogP contribution < -0.4 is 0 Å². The molecule has 1 amide bonds. The first-order chi connectivity index (χ1) is 8.96. The lowest BCUT2D eigenvalue weighted by Crippen LogP contribution is -2.49. The molecule has 0 aromatic heterocycles. The fourth-order valence-corrected chi connectivity index (χ4v) is 5.18. The Morgan fingerprint density at radius 1 is 1.16 bits per heavy atom. The maximum absolute atomic E-state index is 12.0. The van der Waals surface area contributed by atoms with Crippen molar-refractivity contribution in [2.45, 2.75) is 64.1 Å². The van der Waals surface area contributed by atoms with Crippen LogP contribution in [0, 0.1) is 0 Å². The van der Waals surface area contributed by atoms with Gasteiger partial charge in [-0.25, -0.2) is 4.79 Å². The van der Waals surface area contributed by atoms with Crippen LogP contribution in [0.5, 0.6) is 0 Å². The number of rotatable bonds is 1. The number of carbonyl (C=O) groups excluding carboxylic acids is 1. The summed E-state index contributed by atoms with van der Waals surface area (Å²) < 4.78 is 8.20. The monoisotopic (exact) mass is 284 g/mol. The van der Waals surface area contributed by atoms with Crippen molar-refractivity contribution in [1.82, 2.24) is 9.47 Å². The average Bonchev–Trinajstić information content (AvgIpc) is 2.38. The second kappa shape index (κ2) is 6.26. The molecule has 0 bridgehead atoms. The zero-order chi connectivity index (χ0) is 13.9. The van der Waals surface area contributed by atoms with E-state index in [1.165, 1.54) is 25.4 Å². The zero-order valence-corrected chi connectivity index (χ0v) is 14.1. The van der Waals surface area contributed by atoms with Crippen LogP contribution in [0.1, 0.15) is 46.5 Å². The van der Waals surface area contributed by atoms with Crippen molar-refractivity contribution in [1.29, 1.82) is 0 Å². The van der Waals surface area contributed by atoms with Gasteiger partial charge in [0.1, 0.15) is 5.60 Å². The first kappa shape index (κ1) is 14.8. The number of piperidine rings is 1. The molecule has 0 aromatic carbocycles. The van der Waals surface area contributed by atoms with Gasteiger partial charge in [0, 0.05) is 19.1 Å². The van der Waals surface area contributed by atoms with Crippen molar-refractivity contribution < 1.29 is 9.53 Å². The van der Waals surface area contributed by atoms with Crippen LogP contribution in [0.4, 0.5) is 4.79 Å². The predicted octanol–water partition coefficient (Wildman–Crippen LogP) is 1.98. The quantitative estimate of drug-likeness (QED) is 0.690. The van der Waals surface area contributed by atoms with E-state index in [1.54, 1.807) is 0 Å². The topological polar surface area (TPSA) is 32.8 Å². The highest BCUT2D eigenvalue weighted by atomic mass is 28.2. The Balaban J connectivity index is 1.77. The normalized spacial score (nSPS) is 24.7. The number of nitrogens with zero attached hydrogens (tertiary/aromatic N) is 2. The molecule has 2 aliphatic heterocycles. The molecular weight excluding hydrogens is 256 g/mol. The van der Waals surface area contributed by atoms with Gasteiger partial charge in [-0.1, -0.05) is 6.42 Å². The Kier molecular flexibility index (Phi) is 4.90. The van der Waals surface area contributed by atoms with E-state index >= 15 is 0 Å². The lowest BCUT2D eigenvalue weighted by atomic mass is 10.1. The summed E-state index contributed by atoms with van der Waals surface area (Å²) in [6.07, 6.45) is 4.94. The van der Waals surface area contributed by atoms with Gasteiger partial charge in [0.25, 0.3) is 0 Å². The number of amides is 1. The molecule has 0 unspecified atom stereocenters. The van der Waals surface area contributed by atoms with Crippen molar-refractivity contribution in [2.24, 2.45) is 0 Å². The third-order valence-corrected chi connectivity index (χ3v) is 6.25. The van der Waals surface area contributed by atoms with E-state index in [0.717, 1.165) is 32.0 Å². The van der Waals surface area contributed by atoms with Crippen LogP contribution in [0.3, 0.4) is 0 Å². The molecule has 2 fully saturated rings. The van der Waals surface area contributed by atoms with Crippen LogP contribution in [-0.4, -0.2) is 56.5 Å². The van der Waals surface area contributed by atoms with Crippen molar-refractivity contribution in [3.8, 4) is 0 Å². The van der Waals surface area contributed by atoms with E-state index in [0.29, 0.717) is 0 Å². The minimum Gasteiger partial charge on any atom is -0.444 e. The molecule has 4 nitrogen and oxygen atoms in total. The Bertz CT molecular complexity index is 303. The van der Waals surface area contributed by atoms with Gasteiger partial charge >= 0.3 is 6.09 Å². The van der Waals surface area contributed by atoms with Gasteiger partial charge in [0.15, 0.2) is 0 Å². The van der Waals surface area contributed by atoms with Gasteiger partial charge in [0.05, 0.1) is 9.68 Å². The van der Waals surface area contributed by atoms with Crippen LogP contribution in [-0.2, 0) is 4.74 Å². The molecule has 0 atom stereocenters. The summed E-state index contributed by atoms with van der Waals surface area (Å²) >= 11 is 0. The van der Waals surface area contributed by atoms with E-state index in [2.05, 4.69) is 4.57 Å². The summed E-state index contributed by atoms with van der Waals surface area (Å²) in [5.41, 5.74) is -0.381. The van der Waals surface area contributed by atoms with Gasteiger partial charge in [0.2, 0.25) is 0 Å². The number of carbonyl (C=O) groups is 1. The molecule has 2 rings (SSSR count). The Morgan fingerprint density at radius 3 is 2.37 bits per heavy atom. The van der Waals surface area contributed by atoms with E-state index in [1.807, 2.05) is 25.7 Å². The molecule has 2 heterocycles. The summed E-state index contributed by atoms with van der Waals surface area (Å²) in [6.45, 7) is 8.82. The molecule has 0 aliphatic carbocycles. The fraction of sp³-hybridized carbons (Fsp3) is 0.929.